The predicted octanol–water partition coefficient (Wildman–Crippen LogP) is 3.02. The Morgan fingerprint density at radius 2 is 2.12 bits per heavy atom. The van der Waals surface area contributed by atoms with Gasteiger partial charge < -0.3 is 4.98 Å². The van der Waals surface area contributed by atoms with Crippen LogP contribution in [-0.2, 0) is 12.8 Å². The highest BCUT2D eigenvalue weighted by molar-refractivity contribution is 7.22. The highest BCUT2D eigenvalue weighted by Crippen LogP contribution is 2.42. The molecule has 0 saturated carbocycles. The van der Waals surface area contributed by atoms with Crippen molar-refractivity contribution in [2.75, 3.05) is 13.1 Å². The summed E-state index contributed by atoms with van der Waals surface area (Å²) in [6.45, 7) is 2.27. The van der Waals surface area contributed by atoms with Crippen LogP contribution in [0.15, 0.2) is 11.0 Å². The largest absolute Gasteiger partial charge is 0.308 e. The van der Waals surface area contributed by atoms with Crippen molar-refractivity contribution in [3.8, 4) is 10.4 Å². The van der Waals surface area contributed by atoms with Crippen LogP contribution < -0.4 is 5.56 Å². The first-order valence-corrected chi connectivity index (χ1v) is 10.4. The zero-order valence-corrected chi connectivity index (χ0v) is 15.4. The molecule has 3 aromatic heterocycles. The number of hydrogen-bond donors (Lipinski definition) is 2. The molecule has 1 aliphatic carbocycles. The van der Waals surface area contributed by atoms with Crippen molar-refractivity contribution in [1.82, 2.24) is 25.1 Å². The maximum atomic E-state index is 12.9. The number of fused-ring (bicyclic) bond motifs is 8. The van der Waals surface area contributed by atoms with Gasteiger partial charge in [-0.05, 0) is 63.1 Å². The molecule has 0 aromatic carbocycles. The number of aryl methyl sites for hydroxylation is 2. The normalized spacial score (nSPS) is 27.3. The van der Waals surface area contributed by atoms with Gasteiger partial charge >= 0.3 is 0 Å². The number of piperidine rings is 3. The predicted molar refractivity (Wildman–Crippen MR) is 102 cm³/mol. The number of thiophene rings is 1. The topological polar surface area (TPSA) is 77.7 Å². The molecule has 4 aliphatic rings. The van der Waals surface area contributed by atoms with E-state index in [2.05, 4.69) is 20.1 Å². The lowest BCUT2D eigenvalue weighted by molar-refractivity contribution is 0.0445. The molecule has 3 aromatic rings. The summed E-state index contributed by atoms with van der Waals surface area (Å²) in [7, 11) is 0. The van der Waals surface area contributed by atoms with Gasteiger partial charge in [0.25, 0.3) is 5.56 Å². The Hall–Kier alpha value is -1.99. The molecule has 134 valence electrons. The first kappa shape index (κ1) is 15.1. The number of aromatic nitrogens is 4. The lowest BCUT2D eigenvalue weighted by Gasteiger charge is -2.44. The van der Waals surface area contributed by atoms with Crippen LogP contribution in [0.25, 0.3) is 20.7 Å². The van der Waals surface area contributed by atoms with Gasteiger partial charge in [-0.1, -0.05) is 0 Å². The molecule has 1 atom stereocenters. The Morgan fingerprint density at radius 3 is 2.92 bits per heavy atom. The molecule has 7 heteroatoms. The standard InChI is InChI=1S/C19H21N5OS/c25-19-17-15(11-2-1-3-13-12(9-20-23-13)16(11)26-17)21-18(22-19)14-8-10-4-6-24(14)7-5-10/h9-10,14H,1-8H2,(H,20,23)(H,21,22,25)/t14-/m1/s1. The zero-order chi connectivity index (χ0) is 17.3. The van der Waals surface area contributed by atoms with Crippen LogP contribution in [-0.4, -0.2) is 38.2 Å². The van der Waals surface area contributed by atoms with Gasteiger partial charge in [-0.15, -0.1) is 11.3 Å². The van der Waals surface area contributed by atoms with E-state index in [0.29, 0.717) is 0 Å². The van der Waals surface area contributed by atoms with E-state index in [9.17, 15) is 4.79 Å². The van der Waals surface area contributed by atoms with Crippen molar-refractivity contribution in [3.05, 3.63) is 33.6 Å². The molecular formula is C19H21N5OS. The molecule has 26 heavy (non-hydrogen) atoms. The number of nitrogens with zero attached hydrogens (tertiary/aromatic N) is 3. The van der Waals surface area contributed by atoms with Crippen molar-refractivity contribution in [1.29, 1.82) is 0 Å². The van der Waals surface area contributed by atoms with Crippen molar-refractivity contribution < 1.29 is 0 Å². The quantitative estimate of drug-likeness (QED) is 0.693. The number of nitrogens with one attached hydrogen (secondary N) is 2. The fourth-order valence-corrected chi connectivity index (χ4v) is 6.27. The summed E-state index contributed by atoms with van der Waals surface area (Å²) in [6.07, 6.45) is 8.69. The number of aromatic amines is 2. The van der Waals surface area contributed by atoms with E-state index in [-0.39, 0.29) is 11.6 Å². The van der Waals surface area contributed by atoms with Crippen molar-refractivity contribution in [3.63, 3.8) is 0 Å². The molecule has 6 heterocycles. The van der Waals surface area contributed by atoms with Gasteiger partial charge in [-0.2, -0.15) is 5.10 Å². The average Bonchev–Trinajstić information content (AvgIpc) is 3.24. The summed E-state index contributed by atoms with van der Waals surface area (Å²) in [4.78, 5) is 24.7. The summed E-state index contributed by atoms with van der Waals surface area (Å²) in [5, 5.41) is 7.39. The summed E-state index contributed by atoms with van der Waals surface area (Å²) in [5.41, 5.74) is 4.47. The molecule has 2 bridgehead atoms. The Labute approximate surface area is 154 Å². The summed E-state index contributed by atoms with van der Waals surface area (Å²) >= 11 is 1.58. The minimum Gasteiger partial charge on any atom is -0.308 e. The number of H-pyrrole nitrogens is 2. The molecule has 3 saturated heterocycles. The molecule has 2 N–H and O–H groups in total. The van der Waals surface area contributed by atoms with Crippen LogP contribution in [0.5, 0.6) is 0 Å². The molecule has 0 unspecified atom stereocenters. The van der Waals surface area contributed by atoms with E-state index in [4.69, 9.17) is 4.98 Å². The number of hydrogen-bond acceptors (Lipinski definition) is 5. The first-order valence-electron chi connectivity index (χ1n) is 9.60. The lowest BCUT2D eigenvalue weighted by atomic mass is 9.83. The van der Waals surface area contributed by atoms with Crippen LogP contribution in [0.4, 0.5) is 0 Å². The lowest BCUT2D eigenvalue weighted by Crippen LogP contribution is -2.44. The summed E-state index contributed by atoms with van der Waals surface area (Å²) < 4.78 is 0.767. The third kappa shape index (κ3) is 2.10. The minimum absolute atomic E-state index is 0.0239. The fourth-order valence-electron chi connectivity index (χ4n) is 5.05. The van der Waals surface area contributed by atoms with Crippen molar-refractivity contribution in [2.24, 2.45) is 5.92 Å². The molecule has 3 aliphatic heterocycles. The average molecular weight is 367 g/mol. The molecule has 0 radical (unpaired) electrons. The second-order valence-electron chi connectivity index (χ2n) is 7.87. The van der Waals surface area contributed by atoms with Crippen LogP contribution in [0.3, 0.4) is 0 Å². The molecule has 6 nitrogen and oxygen atoms in total. The van der Waals surface area contributed by atoms with E-state index in [1.165, 1.54) is 23.3 Å². The van der Waals surface area contributed by atoms with E-state index in [0.717, 1.165) is 72.0 Å². The van der Waals surface area contributed by atoms with Gasteiger partial charge in [-0.3, -0.25) is 14.8 Å². The highest BCUT2D eigenvalue weighted by atomic mass is 32.1. The SMILES string of the molecule is O=c1[nH]c([C@H]2CC3CCN2CC3)nc2c3c(sc12)-c1c[nH]nc1CCC3. The third-order valence-corrected chi connectivity index (χ3v) is 7.68. The maximum Gasteiger partial charge on any atom is 0.268 e. The molecular weight excluding hydrogens is 346 g/mol. The molecule has 3 fully saturated rings. The monoisotopic (exact) mass is 367 g/mol. The van der Waals surface area contributed by atoms with Gasteiger partial charge in [0.05, 0.1) is 17.3 Å². The van der Waals surface area contributed by atoms with Crippen LogP contribution in [0, 0.1) is 5.92 Å². The second kappa shape index (κ2) is 5.50. The Morgan fingerprint density at radius 1 is 1.23 bits per heavy atom. The summed E-state index contributed by atoms with van der Waals surface area (Å²) in [6, 6.07) is 0.283. The van der Waals surface area contributed by atoms with Gasteiger partial charge in [0.15, 0.2) is 0 Å². The molecule has 0 spiro atoms. The molecule has 0 amide bonds. The van der Waals surface area contributed by atoms with E-state index in [1.807, 2.05) is 6.20 Å². The highest BCUT2D eigenvalue weighted by Gasteiger charge is 2.36. The maximum absolute atomic E-state index is 12.9. The van der Waals surface area contributed by atoms with Gasteiger partial charge in [0, 0.05) is 16.6 Å². The fraction of sp³-hybridized carbons (Fsp3) is 0.526. The van der Waals surface area contributed by atoms with Crippen molar-refractivity contribution in [2.45, 2.75) is 44.6 Å². The Balaban J connectivity index is 1.54. The smallest absolute Gasteiger partial charge is 0.268 e. The third-order valence-electron chi connectivity index (χ3n) is 6.43. The molecule has 7 rings (SSSR count). The van der Waals surface area contributed by atoms with Gasteiger partial charge in [-0.25, -0.2) is 4.98 Å². The van der Waals surface area contributed by atoms with Crippen molar-refractivity contribution >= 4 is 21.6 Å². The van der Waals surface area contributed by atoms with E-state index >= 15 is 0 Å². The number of rotatable bonds is 1. The van der Waals surface area contributed by atoms with E-state index < -0.39 is 0 Å². The van der Waals surface area contributed by atoms with Gasteiger partial charge in [0.2, 0.25) is 0 Å². The van der Waals surface area contributed by atoms with E-state index in [1.54, 1.807) is 11.3 Å². The van der Waals surface area contributed by atoms with Gasteiger partial charge in [0.1, 0.15) is 10.5 Å². The Bertz CT molecular complexity index is 1060. The Kier molecular flexibility index (Phi) is 3.20. The zero-order valence-electron chi connectivity index (χ0n) is 14.5. The summed E-state index contributed by atoms with van der Waals surface area (Å²) in [5.74, 6) is 1.67. The van der Waals surface area contributed by atoms with Crippen LogP contribution in [0.2, 0.25) is 0 Å². The second-order valence-corrected chi connectivity index (χ2v) is 8.89. The minimum atomic E-state index is 0.0239. The first-order chi connectivity index (χ1) is 12.8. The van der Waals surface area contributed by atoms with Crippen LogP contribution >= 0.6 is 11.3 Å². The van der Waals surface area contributed by atoms with Crippen LogP contribution in [0.1, 0.15) is 48.8 Å².